The lowest BCUT2D eigenvalue weighted by molar-refractivity contribution is -0.917. The van der Waals surface area contributed by atoms with Crippen LogP contribution in [0.15, 0.2) is 41.3 Å². The van der Waals surface area contributed by atoms with Crippen LogP contribution < -0.4 is 19.1 Å². The largest absolute Gasteiger partial charge is 0.493 e. The zero-order chi connectivity index (χ0) is 21.0. The van der Waals surface area contributed by atoms with Crippen LogP contribution in [0.2, 0.25) is 0 Å². The molecule has 1 aliphatic heterocycles. The summed E-state index contributed by atoms with van der Waals surface area (Å²) in [5.41, 5.74) is 2.05. The molecule has 0 radical (unpaired) electrons. The number of quaternary nitrogens is 1. The summed E-state index contributed by atoms with van der Waals surface area (Å²) < 4.78 is 43.7. The van der Waals surface area contributed by atoms with Gasteiger partial charge in [-0.3, -0.25) is 0 Å². The van der Waals surface area contributed by atoms with Gasteiger partial charge >= 0.3 is 0 Å². The van der Waals surface area contributed by atoms with Crippen molar-refractivity contribution in [2.75, 3.05) is 47.5 Å². The lowest BCUT2D eigenvalue weighted by Gasteiger charge is -2.32. The second kappa shape index (κ2) is 9.02. The van der Waals surface area contributed by atoms with Crippen molar-refractivity contribution in [3.8, 4) is 17.2 Å². The van der Waals surface area contributed by atoms with Gasteiger partial charge in [-0.05, 0) is 31.2 Å². The summed E-state index contributed by atoms with van der Waals surface area (Å²) in [6.07, 6.45) is 0. The number of sulfonamides is 1. The molecule has 0 bridgehead atoms. The Balaban J connectivity index is 1.69. The quantitative estimate of drug-likeness (QED) is 0.725. The molecule has 1 heterocycles. The van der Waals surface area contributed by atoms with Crippen molar-refractivity contribution in [2.45, 2.75) is 18.4 Å². The highest BCUT2D eigenvalue weighted by Gasteiger charge is 2.31. The number of nitrogens with one attached hydrogen (secondary N) is 1. The van der Waals surface area contributed by atoms with Gasteiger partial charge in [0.2, 0.25) is 15.8 Å². The van der Waals surface area contributed by atoms with Crippen LogP contribution in [0.4, 0.5) is 0 Å². The number of nitrogens with zero attached hydrogens (tertiary/aromatic N) is 1. The van der Waals surface area contributed by atoms with Gasteiger partial charge in [-0.2, -0.15) is 4.31 Å². The molecule has 1 fully saturated rings. The first-order chi connectivity index (χ1) is 13.9. The fourth-order valence-corrected chi connectivity index (χ4v) is 5.09. The molecule has 3 rings (SSSR count). The molecule has 0 aromatic heterocycles. The second-order valence-electron chi connectivity index (χ2n) is 7.14. The molecule has 1 aliphatic rings. The third kappa shape index (κ3) is 4.49. The molecule has 0 saturated carbocycles. The van der Waals surface area contributed by atoms with Crippen molar-refractivity contribution in [2.24, 2.45) is 0 Å². The van der Waals surface area contributed by atoms with E-state index in [0.29, 0.717) is 35.2 Å². The third-order valence-electron chi connectivity index (χ3n) is 5.31. The number of piperazine rings is 1. The summed E-state index contributed by atoms with van der Waals surface area (Å²) >= 11 is 0. The van der Waals surface area contributed by atoms with Gasteiger partial charge < -0.3 is 19.1 Å². The number of ether oxygens (including phenoxy) is 3. The van der Waals surface area contributed by atoms with E-state index in [1.54, 1.807) is 37.8 Å². The first-order valence-corrected chi connectivity index (χ1v) is 11.0. The van der Waals surface area contributed by atoms with E-state index < -0.39 is 10.0 Å². The average molecular weight is 422 g/mol. The smallest absolute Gasteiger partial charge is 0.243 e. The normalized spacial score (nSPS) is 15.9. The Bertz CT molecular complexity index is 936. The topological polar surface area (TPSA) is 69.5 Å². The Morgan fingerprint density at radius 3 is 2.07 bits per heavy atom. The monoisotopic (exact) mass is 421 g/mol. The summed E-state index contributed by atoms with van der Waals surface area (Å²) in [5.74, 6) is 1.86. The highest BCUT2D eigenvalue weighted by Crippen LogP contribution is 2.39. The van der Waals surface area contributed by atoms with E-state index in [-0.39, 0.29) is 0 Å². The van der Waals surface area contributed by atoms with Crippen LogP contribution in [-0.2, 0) is 16.6 Å². The lowest BCUT2D eigenvalue weighted by Crippen LogP contribution is -3.13. The molecular formula is C21H29N2O5S+. The van der Waals surface area contributed by atoms with E-state index in [2.05, 4.69) is 0 Å². The molecule has 0 amide bonds. The number of hydrogen-bond acceptors (Lipinski definition) is 5. The van der Waals surface area contributed by atoms with E-state index in [0.717, 1.165) is 30.8 Å². The molecule has 0 spiro atoms. The minimum absolute atomic E-state index is 0.355. The van der Waals surface area contributed by atoms with E-state index in [4.69, 9.17) is 14.2 Å². The van der Waals surface area contributed by atoms with Gasteiger partial charge in [-0.15, -0.1) is 0 Å². The Morgan fingerprint density at radius 1 is 0.897 bits per heavy atom. The van der Waals surface area contributed by atoms with Gasteiger partial charge in [0.25, 0.3) is 0 Å². The van der Waals surface area contributed by atoms with Gasteiger partial charge in [0, 0.05) is 0 Å². The Kier molecular flexibility index (Phi) is 6.66. The predicted octanol–water partition coefficient (Wildman–Crippen LogP) is 1.11. The maximum Gasteiger partial charge on any atom is 0.243 e. The van der Waals surface area contributed by atoms with Crippen LogP contribution in [0.5, 0.6) is 17.2 Å². The van der Waals surface area contributed by atoms with Crippen molar-refractivity contribution in [3.05, 3.63) is 47.5 Å². The molecule has 2 aromatic rings. The van der Waals surface area contributed by atoms with E-state index in [1.807, 2.05) is 31.2 Å². The van der Waals surface area contributed by atoms with Gasteiger partial charge in [0.1, 0.15) is 6.54 Å². The Morgan fingerprint density at radius 2 is 1.52 bits per heavy atom. The predicted molar refractivity (Wildman–Crippen MR) is 110 cm³/mol. The number of hydrogen-bond donors (Lipinski definition) is 1. The third-order valence-corrected chi connectivity index (χ3v) is 7.23. The summed E-state index contributed by atoms with van der Waals surface area (Å²) in [5, 5.41) is 0. The molecule has 7 nitrogen and oxygen atoms in total. The van der Waals surface area contributed by atoms with E-state index in [1.165, 1.54) is 4.90 Å². The molecule has 1 N–H and O–H groups in total. The van der Waals surface area contributed by atoms with Gasteiger partial charge in [0.05, 0.1) is 58.0 Å². The van der Waals surface area contributed by atoms with Gasteiger partial charge in [-0.25, -0.2) is 8.42 Å². The lowest BCUT2D eigenvalue weighted by atomic mass is 10.1. The highest BCUT2D eigenvalue weighted by atomic mass is 32.2. The van der Waals surface area contributed by atoms with Crippen molar-refractivity contribution in [1.29, 1.82) is 0 Å². The first-order valence-electron chi connectivity index (χ1n) is 9.59. The number of methoxy groups -OCH3 is 3. The Hall–Kier alpha value is -2.29. The summed E-state index contributed by atoms with van der Waals surface area (Å²) in [6, 6.07) is 10.9. The number of benzene rings is 2. The molecule has 2 aromatic carbocycles. The van der Waals surface area contributed by atoms with E-state index >= 15 is 0 Å². The number of rotatable bonds is 7. The van der Waals surface area contributed by atoms with Crippen LogP contribution in [0.3, 0.4) is 0 Å². The van der Waals surface area contributed by atoms with Gasteiger partial charge in [0.15, 0.2) is 11.5 Å². The van der Waals surface area contributed by atoms with Crippen molar-refractivity contribution in [3.63, 3.8) is 0 Å². The molecule has 8 heteroatoms. The molecule has 158 valence electrons. The molecule has 0 aliphatic carbocycles. The van der Waals surface area contributed by atoms with Crippen LogP contribution in [-0.4, -0.2) is 60.2 Å². The minimum Gasteiger partial charge on any atom is -0.493 e. The second-order valence-corrected chi connectivity index (χ2v) is 9.08. The highest BCUT2D eigenvalue weighted by molar-refractivity contribution is 7.89. The summed E-state index contributed by atoms with van der Waals surface area (Å²) in [7, 11) is 1.35. The van der Waals surface area contributed by atoms with Crippen molar-refractivity contribution < 1.29 is 27.5 Å². The number of aryl methyl sites for hydroxylation is 1. The summed E-state index contributed by atoms with van der Waals surface area (Å²) in [4.78, 5) is 1.65. The average Bonchev–Trinajstić information content (AvgIpc) is 2.74. The molecular weight excluding hydrogens is 392 g/mol. The fraction of sp³-hybridized carbons (Fsp3) is 0.429. The molecule has 0 atom stereocenters. The van der Waals surface area contributed by atoms with Crippen LogP contribution in [0.25, 0.3) is 0 Å². The van der Waals surface area contributed by atoms with Gasteiger partial charge in [-0.1, -0.05) is 17.7 Å². The van der Waals surface area contributed by atoms with Crippen LogP contribution >= 0.6 is 0 Å². The minimum atomic E-state index is -3.45. The zero-order valence-electron chi connectivity index (χ0n) is 17.4. The first kappa shape index (κ1) is 21.4. The van der Waals surface area contributed by atoms with Crippen molar-refractivity contribution in [1.82, 2.24) is 4.31 Å². The van der Waals surface area contributed by atoms with Crippen LogP contribution in [0.1, 0.15) is 11.1 Å². The summed E-state index contributed by atoms with van der Waals surface area (Å²) in [6.45, 7) is 5.09. The molecule has 1 saturated heterocycles. The SMILES string of the molecule is COc1ccc(C[NH+]2CCN(S(=O)(=O)c3ccc(C)cc3)CC2)c(OC)c1OC. The fourth-order valence-electron chi connectivity index (χ4n) is 3.65. The van der Waals surface area contributed by atoms with E-state index in [9.17, 15) is 8.42 Å². The molecule has 0 unspecified atom stereocenters. The maximum absolute atomic E-state index is 12.9. The van der Waals surface area contributed by atoms with Crippen LogP contribution in [0, 0.1) is 6.92 Å². The zero-order valence-corrected chi connectivity index (χ0v) is 18.2. The Labute approximate surface area is 172 Å². The maximum atomic E-state index is 12.9. The van der Waals surface area contributed by atoms with Crippen molar-refractivity contribution >= 4 is 10.0 Å². The molecule has 29 heavy (non-hydrogen) atoms. The standard InChI is InChI=1S/C21H28N2O5S/c1-16-5-8-18(9-6-16)29(24,25)23-13-11-22(12-14-23)15-17-7-10-19(26-2)21(28-4)20(17)27-3/h5-10H,11-15H2,1-4H3/p+1.